The van der Waals surface area contributed by atoms with Crippen molar-refractivity contribution in [2.45, 2.75) is 6.54 Å². The van der Waals surface area contributed by atoms with Gasteiger partial charge in [0.25, 0.3) is 0 Å². The summed E-state index contributed by atoms with van der Waals surface area (Å²) in [6.07, 6.45) is 3.44. The fraction of sp³-hybridized carbons (Fsp3) is 0.478. The highest BCUT2D eigenvalue weighted by molar-refractivity contribution is 5.80. The summed E-state index contributed by atoms with van der Waals surface area (Å²) in [6, 6.07) is 7.78. The summed E-state index contributed by atoms with van der Waals surface area (Å²) in [5.74, 6) is 3.64. The zero-order chi connectivity index (χ0) is 22.8. The molecule has 1 fully saturated rings. The van der Waals surface area contributed by atoms with Crippen molar-refractivity contribution in [3.05, 3.63) is 42.2 Å². The molecule has 1 aliphatic rings. The van der Waals surface area contributed by atoms with Crippen molar-refractivity contribution in [3.8, 4) is 23.0 Å². The molecule has 174 valence electrons. The molecule has 0 radical (unpaired) electrons. The maximum atomic E-state index is 5.69. The quantitative estimate of drug-likeness (QED) is 0.358. The van der Waals surface area contributed by atoms with Gasteiger partial charge in [-0.25, -0.2) is 0 Å². The molecule has 3 rings (SSSR count). The lowest BCUT2D eigenvalue weighted by Gasteiger charge is -2.36. The summed E-state index contributed by atoms with van der Waals surface area (Å²) in [6.45, 7) is 5.70. The third-order valence-corrected chi connectivity index (χ3v) is 5.30. The van der Waals surface area contributed by atoms with Crippen LogP contribution < -0.4 is 24.3 Å². The van der Waals surface area contributed by atoms with Crippen molar-refractivity contribution in [1.29, 1.82) is 0 Å². The van der Waals surface area contributed by atoms with Crippen LogP contribution in [0.25, 0.3) is 0 Å². The molecule has 0 unspecified atom stereocenters. The second-order valence-electron chi connectivity index (χ2n) is 7.31. The predicted molar refractivity (Wildman–Crippen MR) is 124 cm³/mol. The number of hydrogen-bond acceptors (Lipinski definition) is 7. The average molecular weight is 444 g/mol. The summed E-state index contributed by atoms with van der Waals surface area (Å²) >= 11 is 0. The van der Waals surface area contributed by atoms with Gasteiger partial charge < -0.3 is 29.2 Å². The van der Waals surface area contributed by atoms with E-state index >= 15 is 0 Å². The molecule has 0 amide bonds. The Bertz CT molecular complexity index is 845. The van der Waals surface area contributed by atoms with Crippen LogP contribution in [0.1, 0.15) is 5.56 Å². The van der Waals surface area contributed by atoms with E-state index in [0.717, 1.165) is 50.0 Å². The lowest BCUT2D eigenvalue weighted by molar-refractivity contribution is 0.171. The van der Waals surface area contributed by atoms with E-state index in [1.165, 1.54) is 0 Å². The van der Waals surface area contributed by atoms with Gasteiger partial charge in [-0.3, -0.25) is 14.9 Å². The van der Waals surface area contributed by atoms with E-state index in [1.807, 2.05) is 31.3 Å². The van der Waals surface area contributed by atoms with Gasteiger partial charge in [0, 0.05) is 46.0 Å². The van der Waals surface area contributed by atoms with Gasteiger partial charge in [-0.2, -0.15) is 0 Å². The van der Waals surface area contributed by atoms with E-state index in [-0.39, 0.29) is 0 Å². The van der Waals surface area contributed by atoms with Crippen molar-refractivity contribution in [3.63, 3.8) is 0 Å². The van der Waals surface area contributed by atoms with Crippen molar-refractivity contribution in [2.75, 3.05) is 67.7 Å². The van der Waals surface area contributed by atoms with Crippen molar-refractivity contribution in [1.82, 2.24) is 20.1 Å². The molecule has 1 N–H and O–H groups in total. The zero-order valence-electron chi connectivity index (χ0n) is 19.3. The number of nitrogens with one attached hydrogen (secondary N) is 1. The molecule has 0 aliphatic carbocycles. The average Bonchev–Trinajstić information content (AvgIpc) is 2.84. The highest BCUT2D eigenvalue weighted by atomic mass is 16.5. The van der Waals surface area contributed by atoms with E-state index in [4.69, 9.17) is 18.9 Å². The van der Waals surface area contributed by atoms with E-state index in [1.54, 1.807) is 33.7 Å². The summed E-state index contributed by atoms with van der Waals surface area (Å²) in [5, 5.41) is 3.38. The second-order valence-corrected chi connectivity index (χ2v) is 7.31. The van der Waals surface area contributed by atoms with E-state index in [2.05, 4.69) is 25.1 Å². The number of methoxy groups -OCH3 is 3. The molecule has 0 bridgehead atoms. The Hall–Kier alpha value is -3.20. The first-order chi connectivity index (χ1) is 15.7. The van der Waals surface area contributed by atoms with Crippen LogP contribution in [0.3, 0.4) is 0 Å². The minimum Gasteiger partial charge on any atom is -0.493 e. The second kappa shape index (κ2) is 12.0. The molecule has 1 saturated heterocycles. The Morgan fingerprint density at radius 3 is 2.34 bits per heavy atom. The summed E-state index contributed by atoms with van der Waals surface area (Å²) in [5.41, 5.74) is 1.13. The van der Waals surface area contributed by atoms with Gasteiger partial charge in [0.05, 0.1) is 34.1 Å². The fourth-order valence-corrected chi connectivity index (χ4v) is 3.70. The maximum Gasteiger partial charge on any atom is 0.203 e. The topological polar surface area (TPSA) is 80.7 Å². The molecule has 1 aromatic heterocycles. The summed E-state index contributed by atoms with van der Waals surface area (Å²) in [7, 11) is 6.71. The molecule has 0 saturated carbocycles. The van der Waals surface area contributed by atoms with Crippen LogP contribution in [0.4, 0.5) is 0 Å². The van der Waals surface area contributed by atoms with Gasteiger partial charge in [-0.05, 0) is 29.8 Å². The molecule has 32 heavy (non-hydrogen) atoms. The maximum absolute atomic E-state index is 5.69. The van der Waals surface area contributed by atoms with Crippen LogP contribution in [0.2, 0.25) is 0 Å². The van der Waals surface area contributed by atoms with Crippen LogP contribution in [0, 0.1) is 0 Å². The number of pyridine rings is 1. The number of guanidine groups is 1. The molecule has 0 spiro atoms. The largest absolute Gasteiger partial charge is 0.493 e. The first-order valence-electron chi connectivity index (χ1n) is 10.7. The standard InChI is InChI=1S/C23H33N5O4/c1-24-23(26-8-13-32-19-6-5-7-25-16-19)28-11-9-27(10-12-28)17-18-14-20(29-2)22(31-4)21(15-18)30-3/h5-7,14-16H,8-13,17H2,1-4H3,(H,24,26). The van der Waals surface area contributed by atoms with Gasteiger partial charge >= 0.3 is 0 Å². The van der Waals surface area contributed by atoms with Crippen LogP contribution in [-0.4, -0.2) is 88.5 Å². The van der Waals surface area contributed by atoms with Crippen LogP contribution >= 0.6 is 0 Å². The van der Waals surface area contributed by atoms with Gasteiger partial charge in [0.15, 0.2) is 17.5 Å². The Kier molecular flexibility index (Phi) is 8.79. The number of aromatic nitrogens is 1. The first kappa shape index (κ1) is 23.5. The monoisotopic (exact) mass is 443 g/mol. The number of aliphatic imine (C=N–C) groups is 1. The van der Waals surface area contributed by atoms with Crippen molar-refractivity contribution >= 4 is 5.96 Å². The lowest BCUT2D eigenvalue weighted by atomic mass is 10.1. The number of nitrogens with zero attached hydrogens (tertiary/aromatic N) is 4. The lowest BCUT2D eigenvalue weighted by Crippen LogP contribution is -2.52. The molecule has 2 aromatic rings. The zero-order valence-corrected chi connectivity index (χ0v) is 19.3. The van der Waals surface area contributed by atoms with Crippen molar-refractivity contribution < 1.29 is 18.9 Å². The molecule has 2 heterocycles. The normalized spacial score (nSPS) is 14.8. The Balaban J connectivity index is 1.47. The highest BCUT2D eigenvalue weighted by Crippen LogP contribution is 2.38. The molecule has 9 nitrogen and oxygen atoms in total. The third kappa shape index (κ3) is 6.16. The van der Waals surface area contributed by atoms with Crippen LogP contribution in [0.5, 0.6) is 23.0 Å². The third-order valence-electron chi connectivity index (χ3n) is 5.30. The predicted octanol–water partition coefficient (Wildman–Crippen LogP) is 1.88. The molecule has 0 atom stereocenters. The Morgan fingerprint density at radius 2 is 1.78 bits per heavy atom. The van der Waals surface area contributed by atoms with E-state index in [9.17, 15) is 0 Å². The molecular weight excluding hydrogens is 410 g/mol. The van der Waals surface area contributed by atoms with Crippen molar-refractivity contribution in [2.24, 2.45) is 4.99 Å². The highest BCUT2D eigenvalue weighted by Gasteiger charge is 2.21. The fourth-order valence-electron chi connectivity index (χ4n) is 3.70. The Morgan fingerprint density at radius 1 is 1.06 bits per heavy atom. The van der Waals surface area contributed by atoms with Gasteiger partial charge in [-0.1, -0.05) is 0 Å². The minimum atomic E-state index is 0.547. The molecule has 9 heteroatoms. The SMILES string of the molecule is CN=C(NCCOc1cccnc1)N1CCN(Cc2cc(OC)c(OC)c(OC)c2)CC1. The summed E-state index contributed by atoms with van der Waals surface area (Å²) in [4.78, 5) is 13.2. The number of rotatable bonds is 9. The van der Waals surface area contributed by atoms with Gasteiger partial charge in [-0.15, -0.1) is 0 Å². The van der Waals surface area contributed by atoms with Crippen LogP contribution in [-0.2, 0) is 6.54 Å². The first-order valence-corrected chi connectivity index (χ1v) is 10.7. The number of benzene rings is 1. The minimum absolute atomic E-state index is 0.547. The van der Waals surface area contributed by atoms with Gasteiger partial charge in [0.2, 0.25) is 5.75 Å². The number of hydrogen-bond donors (Lipinski definition) is 1. The smallest absolute Gasteiger partial charge is 0.203 e. The van der Waals surface area contributed by atoms with Crippen LogP contribution in [0.15, 0.2) is 41.7 Å². The van der Waals surface area contributed by atoms with E-state index in [0.29, 0.717) is 30.4 Å². The summed E-state index contributed by atoms with van der Waals surface area (Å²) < 4.78 is 22.1. The van der Waals surface area contributed by atoms with Gasteiger partial charge in [0.1, 0.15) is 12.4 Å². The Labute approximate surface area is 190 Å². The molecule has 1 aliphatic heterocycles. The number of ether oxygens (including phenoxy) is 4. The number of piperazine rings is 1. The van der Waals surface area contributed by atoms with E-state index < -0.39 is 0 Å². The molecular formula is C23H33N5O4. The molecule has 1 aromatic carbocycles.